The van der Waals surface area contributed by atoms with Gasteiger partial charge in [0.1, 0.15) is 23.2 Å². The van der Waals surface area contributed by atoms with Crippen LogP contribution in [0.15, 0.2) is 48.9 Å². The molecule has 4 aromatic rings. The Kier molecular flexibility index (Phi) is 5.81. The highest BCUT2D eigenvalue weighted by atomic mass is 16.6. The second-order valence-corrected chi connectivity index (χ2v) is 8.18. The second-order valence-electron chi connectivity index (χ2n) is 8.18. The maximum Gasteiger partial charge on any atom is 0.416 e. The van der Waals surface area contributed by atoms with Gasteiger partial charge >= 0.3 is 6.09 Å². The number of fused-ring (bicyclic) bond motifs is 1. The van der Waals surface area contributed by atoms with Gasteiger partial charge in [-0.1, -0.05) is 30.3 Å². The van der Waals surface area contributed by atoms with E-state index in [1.807, 2.05) is 50.6 Å². The molecule has 174 valence electrons. The Bertz CT molecular complexity index is 1330. The molecule has 34 heavy (non-hydrogen) atoms. The van der Waals surface area contributed by atoms with E-state index in [1.54, 1.807) is 15.6 Å². The van der Waals surface area contributed by atoms with Crippen molar-refractivity contribution in [3.05, 3.63) is 48.9 Å². The smallest absolute Gasteiger partial charge is 0.416 e. The Morgan fingerprint density at radius 2 is 1.76 bits per heavy atom. The molecule has 0 aliphatic carbocycles. The third kappa shape index (κ3) is 4.15. The number of methoxy groups -OCH3 is 1. The zero-order valence-corrected chi connectivity index (χ0v) is 19.3. The van der Waals surface area contributed by atoms with Gasteiger partial charge < -0.3 is 19.3 Å². The molecule has 0 unspecified atom stereocenters. The molecule has 1 aliphatic rings. The van der Waals surface area contributed by atoms with Crippen molar-refractivity contribution >= 4 is 17.1 Å². The van der Waals surface area contributed by atoms with Gasteiger partial charge in [-0.3, -0.25) is 4.68 Å². The number of piperazine rings is 1. The van der Waals surface area contributed by atoms with Crippen LogP contribution in [0.5, 0.6) is 11.6 Å². The van der Waals surface area contributed by atoms with Crippen molar-refractivity contribution in [2.24, 2.45) is 7.05 Å². The molecule has 0 atom stereocenters. The average Bonchev–Trinajstić information content (AvgIpc) is 3.25. The molecule has 0 saturated carbocycles. The summed E-state index contributed by atoms with van der Waals surface area (Å²) < 4.78 is 12.9. The topological polar surface area (TPSA) is 98.5 Å². The quantitative estimate of drug-likeness (QED) is 0.460. The summed E-state index contributed by atoms with van der Waals surface area (Å²) >= 11 is 0. The zero-order chi connectivity index (χ0) is 23.7. The fourth-order valence-electron chi connectivity index (χ4n) is 3.97. The first-order chi connectivity index (χ1) is 16.5. The van der Waals surface area contributed by atoms with Crippen LogP contribution in [0.25, 0.3) is 33.5 Å². The van der Waals surface area contributed by atoms with E-state index in [2.05, 4.69) is 25.0 Å². The maximum absolute atomic E-state index is 12.8. The summed E-state index contributed by atoms with van der Waals surface area (Å²) in [4.78, 5) is 30.2. The van der Waals surface area contributed by atoms with Gasteiger partial charge in [-0.15, -0.1) is 0 Å². The molecule has 1 amide bonds. The molecule has 5 rings (SSSR count). The van der Waals surface area contributed by atoms with Crippen LogP contribution in [0, 0.1) is 0 Å². The van der Waals surface area contributed by atoms with Crippen LogP contribution < -0.4 is 9.47 Å². The summed E-state index contributed by atoms with van der Waals surface area (Å²) in [6, 6.07) is 11.6. The van der Waals surface area contributed by atoms with E-state index in [4.69, 9.17) is 9.47 Å². The number of hydrogen-bond donors (Lipinski definition) is 0. The van der Waals surface area contributed by atoms with Crippen LogP contribution >= 0.6 is 0 Å². The second kappa shape index (κ2) is 9.06. The van der Waals surface area contributed by atoms with Crippen molar-refractivity contribution in [3.8, 4) is 34.1 Å². The molecule has 0 radical (unpaired) electrons. The first-order valence-corrected chi connectivity index (χ1v) is 11.0. The highest BCUT2D eigenvalue weighted by Crippen LogP contribution is 2.36. The Morgan fingerprint density at radius 3 is 2.50 bits per heavy atom. The monoisotopic (exact) mass is 459 g/mol. The Hall–Kier alpha value is -4.05. The van der Waals surface area contributed by atoms with Crippen LogP contribution in [0.2, 0.25) is 0 Å². The lowest BCUT2D eigenvalue weighted by atomic mass is 10.0. The molecule has 0 bridgehead atoms. The molecule has 0 spiro atoms. The van der Waals surface area contributed by atoms with Gasteiger partial charge in [0.15, 0.2) is 5.75 Å². The summed E-state index contributed by atoms with van der Waals surface area (Å²) in [7, 11) is 5.39. The Morgan fingerprint density at radius 1 is 1.00 bits per heavy atom. The molecule has 1 fully saturated rings. The van der Waals surface area contributed by atoms with Crippen molar-refractivity contribution in [1.82, 2.24) is 34.5 Å². The summed E-state index contributed by atoms with van der Waals surface area (Å²) in [5.41, 5.74) is 4.20. The number of nitrogens with zero attached hydrogens (tertiary/aromatic N) is 7. The lowest BCUT2D eigenvalue weighted by molar-refractivity contribution is 0.118. The summed E-state index contributed by atoms with van der Waals surface area (Å²) in [6.45, 7) is 2.77. The van der Waals surface area contributed by atoms with Crippen LogP contribution in [0.3, 0.4) is 0 Å². The van der Waals surface area contributed by atoms with Gasteiger partial charge in [-0.05, 0) is 7.05 Å². The number of aromatic nitrogens is 5. The molecular weight excluding hydrogens is 434 g/mol. The Labute approximate surface area is 196 Å². The number of benzene rings is 1. The summed E-state index contributed by atoms with van der Waals surface area (Å²) in [6.07, 6.45) is 2.92. The van der Waals surface area contributed by atoms with Gasteiger partial charge in [-0.2, -0.15) is 5.10 Å². The van der Waals surface area contributed by atoms with Gasteiger partial charge in [0.25, 0.3) is 5.88 Å². The summed E-state index contributed by atoms with van der Waals surface area (Å²) in [5, 5.41) is 4.64. The lowest BCUT2D eigenvalue weighted by Crippen LogP contribution is -2.48. The summed E-state index contributed by atoms with van der Waals surface area (Å²) in [5.74, 6) is 0.411. The van der Waals surface area contributed by atoms with E-state index in [0.29, 0.717) is 35.6 Å². The van der Waals surface area contributed by atoms with E-state index in [1.165, 1.54) is 13.4 Å². The molecule has 4 heterocycles. The van der Waals surface area contributed by atoms with Crippen LogP contribution in [0.4, 0.5) is 4.79 Å². The predicted molar refractivity (Wildman–Crippen MR) is 127 cm³/mol. The first-order valence-electron chi connectivity index (χ1n) is 11.0. The lowest BCUT2D eigenvalue weighted by Gasteiger charge is -2.31. The minimum Gasteiger partial charge on any atom is -0.491 e. The molecule has 10 heteroatoms. The maximum atomic E-state index is 12.8. The van der Waals surface area contributed by atoms with Crippen molar-refractivity contribution in [2.75, 3.05) is 40.3 Å². The third-order valence-electron chi connectivity index (χ3n) is 5.84. The number of amides is 1. The van der Waals surface area contributed by atoms with Crippen LogP contribution in [-0.4, -0.2) is 81.0 Å². The van der Waals surface area contributed by atoms with E-state index in [0.717, 1.165) is 29.9 Å². The van der Waals surface area contributed by atoms with Crippen molar-refractivity contribution in [3.63, 3.8) is 0 Å². The SMILES string of the molecule is COc1cc2ncnc(-c3cn(C)nc3-c3ccccc3)c2nc1OC(=O)N1CCN(C)CC1. The average molecular weight is 460 g/mol. The zero-order valence-electron chi connectivity index (χ0n) is 19.3. The van der Waals surface area contributed by atoms with E-state index in [9.17, 15) is 4.79 Å². The van der Waals surface area contributed by atoms with Crippen LogP contribution in [-0.2, 0) is 7.05 Å². The minimum atomic E-state index is -0.456. The molecular formula is C24H25N7O3. The van der Waals surface area contributed by atoms with Gasteiger partial charge in [0.05, 0.1) is 12.6 Å². The fourth-order valence-corrected chi connectivity index (χ4v) is 3.97. The molecule has 1 aliphatic heterocycles. The predicted octanol–water partition coefficient (Wildman–Crippen LogP) is 2.85. The highest BCUT2D eigenvalue weighted by Gasteiger charge is 2.24. The number of ether oxygens (including phenoxy) is 2. The number of aryl methyl sites for hydroxylation is 1. The van der Waals surface area contributed by atoms with Crippen LogP contribution in [0.1, 0.15) is 0 Å². The number of carbonyl (C=O) groups excluding carboxylic acids is 1. The van der Waals surface area contributed by atoms with Gasteiger partial charge in [-0.25, -0.2) is 19.7 Å². The standard InChI is InChI=1S/C24H25N7O3/c1-29-9-11-31(12-10-29)24(32)34-23-19(33-3)13-18-22(27-23)21(26-15-25-18)17-14-30(2)28-20(17)16-7-5-4-6-8-16/h4-8,13-15H,9-12H2,1-3H3. The normalized spacial score (nSPS) is 14.4. The minimum absolute atomic E-state index is 0.0835. The number of pyridine rings is 1. The molecule has 0 N–H and O–H groups in total. The third-order valence-corrected chi connectivity index (χ3v) is 5.84. The number of carbonyl (C=O) groups is 1. The number of rotatable bonds is 4. The van der Waals surface area contributed by atoms with E-state index >= 15 is 0 Å². The molecule has 1 saturated heterocycles. The highest BCUT2D eigenvalue weighted by molar-refractivity contribution is 5.94. The molecule has 10 nitrogen and oxygen atoms in total. The van der Waals surface area contributed by atoms with Crippen molar-refractivity contribution in [1.29, 1.82) is 0 Å². The number of likely N-dealkylation sites (N-methyl/N-ethyl adjacent to an activating group) is 1. The van der Waals surface area contributed by atoms with Crippen molar-refractivity contribution in [2.45, 2.75) is 0 Å². The first kappa shape index (κ1) is 21.8. The van der Waals surface area contributed by atoms with E-state index < -0.39 is 6.09 Å². The van der Waals surface area contributed by atoms with Gasteiger partial charge in [0, 0.05) is 56.6 Å². The van der Waals surface area contributed by atoms with Crippen molar-refractivity contribution < 1.29 is 14.3 Å². The number of hydrogen-bond acceptors (Lipinski definition) is 8. The van der Waals surface area contributed by atoms with E-state index in [-0.39, 0.29) is 5.88 Å². The molecule has 1 aromatic carbocycles. The largest absolute Gasteiger partial charge is 0.491 e. The van der Waals surface area contributed by atoms with Gasteiger partial charge in [0.2, 0.25) is 0 Å². The molecule has 3 aromatic heterocycles. The Balaban J connectivity index is 1.57. The fraction of sp³-hybridized carbons (Fsp3) is 0.292.